The molecule has 0 fully saturated rings. The van der Waals surface area contributed by atoms with Gasteiger partial charge in [-0.2, -0.15) is 18.9 Å². The molecule has 1 amide bonds. The fourth-order valence-corrected chi connectivity index (χ4v) is 2.60. The van der Waals surface area contributed by atoms with E-state index in [1.54, 1.807) is 0 Å². The Morgan fingerprint density at radius 3 is 2.28 bits per heavy atom. The summed E-state index contributed by atoms with van der Waals surface area (Å²) in [5.74, 6) is -2.94. The number of anilines is 1. The number of hydrogen-bond donors (Lipinski definition) is 0. The second-order valence-corrected chi connectivity index (χ2v) is 5.87. The zero-order valence-electron chi connectivity index (χ0n) is 14.8. The van der Waals surface area contributed by atoms with Crippen LogP contribution in [0.25, 0.3) is 0 Å². The Hall–Kier alpha value is -3.89. The van der Waals surface area contributed by atoms with E-state index in [-0.39, 0.29) is 28.6 Å². The lowest BCUT2D eigenvalue weighted by atomic mass is 10.1. The first-order valence-electron chi connectivity index (χ1n) is 8.16. The van der Waals surface area contributed by atoms with E-state index in [2.05, 4.69) is 9.84 Å². The monoisotopic (exact) mass is 405 g/mol. The second kappa shape index (κ2) is 8.00. The highest BCUT2D eigenvalue weighted by atomic mass is 19.3. The van der Waals surface area contributed by atoms with Crippen LogP contribution in [0.15, 0.2) is 53.6 Å². The number of nitro groups is 1. The Bertz CT molecular complexity index is 976. The molecule has 11 heteroatoms. The van der Waals surface area contributed by atoms with Gasteiger partial charge in [-0.3, -0.25) is 19.7 Å². The van der Waals surface area contributed by atoms with Crippen LogP contribution in [0, 0.1) is 16.0 Å². The lowest BCUT2D eigenvalue weighted by Gasteiger charge is -2.14. The number of nitrogens with zero attached hydrogens (tertiary/aromatic N) is 3. The molecular formula is C18H13F2N3O6. The molecule has 1 aliphatic heterocycles. The van der Waals surface area contributed by atoms with Crippen molar-refractivity contribution in [3.8, 4) is 11.5 Å². The topological polar surface area (TPSA) is 111 Å². The van der Waals surface area contributed by atoms with Crippen molar-refractivity contribution in [2.75, 3.05) is 5.01 Å². The fraction of sp³-hybridized carbons (Fsp3) is 0.167. The van der Waals surface area contributed by atoms with Crippen LogP contribution in [0.1, 0.15) is 6.92 Å². The number of esters is 1. The Morgan fingerprint density at radius 2 is 1.72 bits per heavy atom. The third-order valence-electron chi connectivity index (χ3n) is 3.94. The summed E-state index contributed by atoms with van der Waals surface area (Å²) >= 11 is 0. The van der Waals surface area contributed by atoms with Crippen LogP contribution in [0.2, 0.25) is 0 Å². The van der Waals surface area contributed by atoms with Crippen molar-refractivity contribution in [3.63, 3.8) is 0 Å². The van der Waals surface area contributed by atoms with Crippen LogP contribution >= 0.6 is 0 Å². The quantitative estimate of drug-likeness (QED) is 0.240. The molecule has 0 saturated carbocycles. The largest absolute Gasteiger partial charge is 0.435 e. The highest BCUT2D eigenvalue weighted by molar-refractivity contribution is 6.25. The maximum Gasteiger partial charge on any atom is 0.387 e. The summed E-state index contributed by atoms with van der Waals surface area (Å²) in [5.41, 5.74) is 0.251. The van der Waals surface area contributed by atoms with Gasteiger partial charge in [-0.15, -0.1) is 0 Å². The molecule has 1 unspecified atom stereocenters. The number of amides is 1. The standard InChI is InChI=1S/C18H13F2N3O6/c1-10-15(17(25)28-13-8-4-12(5-9-13)23(26)27)16(24)22(21-10)11-2-6-14(7-3-11)29-18(19)20/h2-9,15,18H,1H3. The average Bonchev–Trinajstić information content (AvgIpc) is 2.96. The van der Waals surface area contributed by atoms with Crippen LogP contribution in [0.3, 0.4) is 0 Å². The Labute approximate surface area is 162 Å². The summed E-state index contributed by atoms with van der Waals surface area (Å²) < 4.78 is 33.8. The van der Waals surface area contributed by atoms with Crippen LogP contribution < -0.4 is 14.5 Å². The average molecular weight is 405 g/mol. The first-order valence-corrected chi connectivity index (χ1v) is 8.16. The van der Waals surface area contributed by atoms with Gasteiger partial charge in [-0.1, -0.05) is 0 Å². The highest BCUT2D eigenvalue weighted by Gasteiger charge is 2.41. The van der Waals surface area contributed by atoms with E-state index in [1.165, 1.54) is 43.3 Å². The number of alkyl halides is 2. The molecule has 2 aromatic rings. The van der Waals surface area contributed by atoms with Crippen LogP contribution in [-0.4, -0.2) is 29.1 Å². The maximum atomic E-state index is 12.6. The second-order valence-electron chi connectivity index (χ2n) is 5.87. The van der Waals surface area contributed by atoms with E-state index in [0.29, 0.717) is 0 Å². The molecule has 1 atom stereocenters. The van der Waals surface area contributed by atoms with Crippen molar-refractivity contribution in [3.05, 3.63) is 58.6 Å². The predicted molar refractivity (Wildman–Crippen MR) is 95.9 cm³/mol. The molecule has 0 saturated heterocycles. The molecular weight excluding hydrogens is 392 g/mol. The zero-order chi connectivity index (χ0) is 21.1. The van der Waals surface area contributed by atoms with E-state index in [4.69, 9.17) is 4.74 Å². The first-order chi connectivity index (χ1) is 13.8. The lowest BCUT2D eigenvalue weighted by Crippen LogP contribution is -2.35. The number of carbonyl (C=O) groups is 2. The number of benzene rings is 2. The van der Waals surface area contributed by atoms with Gasteiger partial charge in [0.25, 0.3) is 11.6 Å². The van der Waals surface area contributed by atoms with Gasteiger partial charge in [0, 0.05) is 12.1 Å². The molecule has 0 aromatic heterocycles. The van der Waals surface area contributed by atoms with Gasteiger partial charge in [-0.05, 0) is 43.3 Å². The summed E-state index contributed by atoms with van der Waals surface area (Å²) in [6.45, 7) is -1.51. The van der Waals surface area contributed by atoms with Gasteiger partial charge in [0.2, 0.25) is 0 Å². The molecule has 0 radical (unpaired) electrons. The van der Waals surface area contributed by atoms with Crippen molar-refractivity contribution >= 4 is 29.0 Å². The molecule has 1 heterocycles. The Morgan fingerprint density at radius 1 is 1.14 bits per heavy atom. The van der Waals surface area contributed by atoms with Crippen molar-refractivity contribution in [1.82, 2.24) is 0 Å². The predicted octanol–water partition coefficient (Wildman–Crippen LogP) is 3.14. The number of carbonyl (C=O) groups excluding carboxylic acids is 2. The number of halogens is 2. The molecule has 3 rings (SSSR count). The van der Waals surface area contributed by atoms with Crippen LogP contribution in [0.5, 0.6) is 11.5 Å². The summed E-state index contributed by atoms with van der Waals surface area (Å²) in [6, 6.07) is 9.96. The van der Waals surface area contributed by atoms with Crippen molar-refractivity contribution in [2.24, 2.45) is 11.0 Å². The molecule has 150 valence electrons. The van der Waals surface area contributed by atoms with Crippen molar-refractivity contribution in [2.45, 2.75) is 13.5 Å². The fourth-order valence-electron chi connectivity index (χ4n) is 2.60. The normalized spacial score (nSPS) is 16.0. The number of hydrogen-bond acceptors (Lipinski definition) is 7. The summed E-state index contributed by atoms with van der Waals surface area (Å²) in [4.78, 5) is 35.1. The van der Waals surface area contributed by atoms with E-state index < -0.39 is 29.3 Å². The summed E-state index contributed by atoms with van der Waals surface area (Å²) in [5, 5.41) is 15.7. The van der Waals surface area contributed by atoms with Crippen LogP contribution in [-0.2, 0) is 9.59 Å². The van der Waals surface area contributed by atoms with Gasteiger partial charge in [0.05, 0.1) is 16.3 Å². The third-order valence-corrected chi connectivity index (χ3v) is 3.94. The maximum absolute atomic E-state index is 12.6. The van der Waals surface area contributed by atoms with Crippen LogP contribution in [0.4, 0.5) is 20.2 Å². The van der Waals surface area contributed by atoms with Gasteiger partial charge in [0.15, 0.2) is 5.92 Å². The highest BCUT2D eigenvalue weighted by Crippen LogP contribution is 2.28. The minimum absolute atomic E-state index is 0.0353. The van der Waals surface area contributed by atoms with E-state index in [9.17, 15) is 28.5 Å². The molecule has 0 spiro atoms. The number of rotatable bonds is 6. The number of non-ortho nitro benzene ring substituents is 1. The summed E-state index contributed by atoms with van der Waals surface area (Å²) in [7, 11) is 0. The Balaban J connectivity index is 1.71. The SMILES string of the molecule is CC1=NN(c2ccc(OC(F)F)cc2)C(=O)C1C(=O)Oc1ccc([N+](=O)[O-])cc1. The molecule has 1 aliphatic rings. The van der Waals surface area contributed by atoms with E-state index in [1.807, 2.05) is 0 Å². The minimum Gasteiger partial charge on any atom is -0.435 e. The number of ether oxygens (including phenoxy) is 2. The van der Waals surface area contributed by atoms with Gasteiger partial charge < -0.3 is 9.47 Å². The zero-order valence-corrected chi connectivity index (χ0v) is 14.8. The molecule has 29 heavy (non-hydrogen) atoms. The Kier molecular flexibility index (Phi) is 5.48. The molecule has 0 bridgehead atoms. The number of hydrazone groups is 1. The first kappa shape index (κ1) is 19.9. The van der Waals surface area contributed by atoms with E-state index >= 15 is 0 Å². The van der Waals surface area contributed by atoms with Gasteiger partial charge in [-0.25, -0.2) is 0 Å². The lowest BCUT2D eigenvalue weighted by molar-refractivity contribution is -0.384. The molecule has 0 aliphatic carbocycles. The minimum atomic E-state index is -2.98. The molecule has 9 nitrogen and oxygen atoms in total. The van der Waals surface area contributed by atoms with Gasteiger partial charge in [0.1, 0.15) is 11.5 Å². The van der Waals surface area contributed by atoms with Gasteiger partial charge >= 0.3 is 12.6 Å². The summed E-state index contributed by atoms with van der Waals surface area (Å²) in [6.07, 6.45) is 0. The third kappa shape index (κ3) is 4.34. The molecule has 2 aromatic carbocycles. The number of nitro benzene ring substituents is 1. The van der Waals surface area contributed by atoms with E-state index in [0.717, 1.165) is 17.1 Å². The van der Waals surface area contributed by atoms with Crippen molar-refractivity contribution < 1.29 is 32.8 Å². The molecule has 0 N–H and O–H groups in total. The smallest absolute Gasteiger partial charge is 0.387 e. The van der Waals surface area contributed by atoms with Crippen molar-refractivity contribution in [1.29, 1.82) is 0 Å².